The van der Waals surface area contributed by atoms with E-state index in [1.807, 2.05) is 6.92 Å². The summed E-state index contributed by atoms with van der Waals surface area (Å²) in [6.45, 7) is 9.27. The Morgan fingerprint density at radius 3 is 2.26 bits per heavy atom. The molecule has 0 aliphatic carbocycles. The average Bonchev–Trinajstić information content (AvgIpc) is 2.24. The highest BCUT2D eigenvalue weighted by Gasteiger charge is 2.16. The summed E-state index contributed by atoms with van der Waals surface area (Å²) in [5.41, 5.74) is 0.0762. The van der Waals surface area contributed by atoms with Crippen molar-refractivity contribution in [2.24, 2.45) is 5.41 Å². The molecule has 7 heteroatoms. The van der Waals surface area contributed by atoms with E-state index in [-0.39, 0.29) is 10.7 Å². The maximum absolute atomic E-state index is 9.91. The van der Waals surface area contributed by atoms with Gasteiger partial charge in [0.25, 0.3) is 0 Å². The van der Waals surface area contributed by atoms with E-state index in [0.29, 0.717) is 31.4 Å². The fourth-order valence-electron chi connectivity index (χ4n) is 1.65. The maximum Gasteiger partial charge on any atom is 0.228 e. The topological polar surface area (TPSA) is 83.0 Å². The summed E-state index contributed by atoms with van der Waals surface area (Å²) in [5, 5.41) is 16.0. The average molecular weight is 288 g/mol. The quantitative estimate of drug-likeness (QED) is 0.744. The molecule has 1 aromatic rings. The van der Waals surface area contributed by atoms with Crippen molar-refractivity contribution in [3.05, 3.63) is 5.28 Å². The highest BCUT2D eigenvalue weighted by atomic mass is 35.5. The van der Waals surface area contributed by atoms with Crippen LogP contribution in [0.3, 0.4) is 0 Å². The third-order valence-corrected chi connectivity index (χ3v) is 2.46. The minimum atomic E-state index is -0.460. The minimum Gasteiger partial charge on any atom is -0.391 e. The lowest BCUT2D eigenvalue weighted by Gasteiger charge is -2.22. The Morgan fingerprint density at radius 1 is 1.16 bits per heavy atom. The van der Waals surface area contributed by atoms with Crippen LogP contribution in [0.4, 0.5) is 11.9 Å². The number of halogens is 1. The van der Waals surface area contributed by atoms with E-state index in [4.69, 9.17) is 11.6 Å². The SMILES string of the molecule is CCNc1nc(Cl)nc(NCC(O)CC(C)(C)C)n1. The number of aliphatic hydroxyl groups is 1. The summed E-state index contributed by atoms with van der Waals surface area (Å²) < 4.78 is 0. The molecule has 0 aliphatic heterocycles. The summed E-state index contributed by atoms with van der Waals surface area (Å²) in [6, 6.07) is 0. The third-order valence-electron chi connectivity index (χ3n) is 2.29. The largest absolute Gasteiger partial charge is 0.391 e. The molecular formula is C12H22ClN5O. The van der Waals surface area contributed by atoms with Crippen molar-refractivity contribution < 1.29 is 5.11 Å². The molecule has 1 aromatic heterocycles. The first-order valence-electron chi connectivity index (χ1n) is 6.37. The molecule has 1 unspecified atom stereocenters. The van der Waals surface area contributed by atoms with E-state index in [1.165, 1.54) is 0 Å². The monoisotopic (exact) mass is 287 g/mol. The Morgan fingerprint density at radius 2 is 1.74 bits per heavy atom. The molecule has 0 bridgehead atoms. The zero-order valence-corrected chi connectivity index (χ0v) is 12.6. The van der Waals surface area contributed by atoms with Gasteiger partial charge in [-0.3, -0.25) is 0 Å². The fraction of sp³-hybridized carbons (Fsp3) is 0.750. The molecule has 0 saturated carbocycles. The van der Waals surface area contributed by atoms with Crippen molar-refractivity contribution in [2.75, 3.05) is 23.7 Å². The molecule has 19 heavy (non-hydrogen) atoms. The highest BCUT2D eigenvalue weighted by Crippen LogP contribution is 2.20. The number of aromatic nitrogens is 3. The van der Waals surface area contributed by atoms with E-state index in [2.05, 4.69) is 46.4 Å². The van der Waals surface area contributed by atoms with Crippen LogP contribution in [-0.4, -0.2) is 39.3 Å². The summed E-state index contributed by atoms with van der Waals surface area (Å²) in [6.07, 6.45) is 0.233. The van der Waals surface area contributed by atoms with Crippen molar-refractivity contribution in [2.45, 2.75) is 40.2 Å². The van der Waals surface area contributed by atoms with Crippen LogP contribution in [0.2, 0.25) is 5.28 Å². The minimum absolute atomic E-state index is 0.0762. The summed E-state index contributed by atoms with van der Waals surface area (Å²) in [7, 11) is 0. The second-order valence-electron chi connectivity index (χ2n) is 5.58. The van der Waals surface area contributed by atoms with Gasteiger partial charge in [-0.25, -0.2) is 0 Å². The molecule has 0 aliphatic rings. The van der Waals surface area contributed by atoms with Crippen LogP contribution < -0.4 is 10.6 Å². The molecule has 1 heterocycles. The van der Waals surface area contributed by atoms with Crippen LogP contribution in [0.25, 0.3) is 0 Å². The first-order chi connectivity index (χ1) is 8.80. The van der Waals surface area contributed by atoms with Crippen LogP contribution in [-0.2, 0) is 0 Å². The molecule has 0 radical (unpaired) electrons. The van der Waals surface area contributed by atoms with Crippen molar-refractivity contribution in [3.63, 3.8) is 0 Å². The smallest absolute Gasteiger partial charge is 0.228 e. The first kappa shape index (κ1) is 15.9. The van der Waals surface area contributed by atoms with Gasteiger partial charge in [0.1, 0.15) is 0 Å². The predicted molar refractivity (Wildman–Crippen MR) is 77.6 cm³/mol. The normalized spacial score (nSPS) is 13.2. The van der Waals surface area contributed by atoms with Gasteiger partial charge in [0.2, 0.25) is 17.2 Å². The Kier molecular flexibility index (Phi) is 5.75. The van der Waals surface area contributed by atoms with E-state index in [1.54, 1.807) is 0 Å². The number of hydrogen-bond acceptors (Lipinski definition) is 6. The van der Waals surface area contributed by atoms with Crippen LogP contribution >= 0.6 is 11.6 Å². The maximum atomic E-state index is 9.91. The third kappa shape index (κ3) is 6.54. The van der Waals surface area contributed by atoms with Gasteiger partial charge >= 0.3 is 0 Å². The Bertz CT molecular complexity index is 408. The zero-order valence-electron chi connectivity index (χ0n) is 11.9. The lowest BCUT2D eigenvalue weighted by atomic mass is 9.89. The Labute approximate surface area is 119 Å². The number of aliphatic hydroxyl groups excluding tert-OH is 1. The van der Waals surface area contributed by atoms with Crippen molar-refractivity contribution >= 4 is 23.5 Å². The number of rotatable bonds is 6. The zero-order chi connectivity index (χ0) is 14.5. The van der Waals surface area contributed by atoms with Gasteiger partial charge in [-0.05, 0) is 30.4 Å². The van der Waals surface area contributed by atoms with Crippen LogP contribution in [0.15, 0.2) is 0 Å². The first-order valence-corrected chi connectivity index (χ1v) is 6.75. The molecule has 0 aromatic carbocycles. The number of hydrogen-bond donors (Lipinski definition) is 3. The van der Waals surface area contributed by atoms with Crippen LogP contribution in [0, 0.1) is 5.41 Å². The van der Waals surface area contributed by atoms with Crippen LogP contribution in [0.1, 0.15) is 34.1 Å². The molecular weight excluding hydrogens is 266 g/mol. The lowest BCUT2D eigenvalue weighted by molar-refractivity contribution is 0.132. The highest BCUT2D eigenvalue weighted by molar-refractivity contribution is 6.28. The van der Waals surface area contributed by atoms with E-state index < -0.39 is 6.10 Å². The molecule has 108 valence electrons. The van der Waals surface area contributed by atoms with E-state index >= 15 is 0 Å². The van der Waals surface area contributed by atoms with Crippen molar-refractivity contribution in [1.29, 1.82) is 0 Å². The number of nitrogens with zero attached hydrogens (tertiary/aromatic N) is 3. The molecule has 0 fully saturated rings. The lowest BCUT2D eigenvalue weighted by Crippen LogP contribution is -2.26. The van der Waals surface area contributed by atoms with Crippen molar-refractivity contribution in [1.82, 2.24) is 15.0 Å². The molecule has 1 atom stereocenters. The van der Waals surface area contributed by atoms with Gasteiger partial charge in [-0.1, -0.05) is 20.8 Å². The molecule has 6 nitrogen and oxygen atoms in total. The standard InChI is InChI=1S/C12H22ClN5O/c1-5-14-10-16-9(13)17-11(18-10)15-7-8(19)6-12(2,3)4/h8,19H,5-7H2,1-4H3,(H2,14,15,16,17,18). The second-order valence-corrected chi connectivity index (χ2v) is 5.92. The number of nitrogens with one attached hydrogen (secondary N) is 2. The van der Waals surface area contributed by atoms with E-state index in [9.17, 15) is 5.11 Å². The van der Waals surface area contributed by atoms with Crippen LogP contribution in [0.5, 0.6) is 0 Å². The van der Waals surface area contributed by atoms with Gasteiger partial charge in [-0.15, -0.1) is 0 Å². The molecule has 0 saturated heterocycles. The summed E-state index contributed by atoms with van der Waals surface area (Å²) >= 11 is 5.80. The molecule has 0 amide bonds. The van der Waals surface area contributed by atoms with Gasteiger partial charge in [-0.2, -0.15) is 15.0 Å². The van der Waals surface area contributed by atoms with Gasteiger partial charge in [0.15, 0.2) is 0 Å². The molecule has 3 N–H and O–H groups in total. The van der Waals surface area contributed by atoms with Crippen molar-refractivity contribution in [3.8, 4) is 0 Å². The van der Waals surface area contributed by atoms with Gasteiger partial charge in [0.05, 0.1) is 6.10 Å². The number of anilines is 2. The van der Waals surface area contributed by atoms with Gasteiger partial charge < -0.3 is 15.7 Å². The second kappa shape index (κ2) is 6.86. The fourth-order valence-corrected chi connectivity index (χ4v) is 1.81. The van der Waals surface area contributed by atoms with Gasteiger partial charge in [0, 0.05) is 13.1 Å². The molecule has 1 rings (SSSR count). The Hall–Kier alpha value is -1.14. The van der Waals surface area contributed by atoms with E-state index in [0.717, 1.165) is 0 Å². The molecule has 0 spiro atoms. The Balaban J connectivity index is 2.57. The summed E-state index contributed by atoms with van der Waals surface area (Å²) in [5.74, 6) is 0.791. The predicted octanol–water partition coefficient (Wildman–Crippen LogP) is 2.17. The summed E-state index contributed by atoms with van der Waals surface area (Å²) in [4.78, 5) is 12.1.